The quantitative estimate of drug-likeness (QED) is 0.913. The molecule has 1 N–H and O–H groups in total. The van der Waals surface area contributed by atoms with E-state index in [2.05, 4.69) is 9.97 Å². The zero-order valence-corrected chi connectivity index (χ0v) is 9.87. The Kier molecular flexibility index (Phi) is 3.77. The van der Waals surface area contributed by atoms with Crippen LogP contribution in [0.2, 0.25) is 5.02 Å². The van der Waals surface area contributed by atoms with Crippen molar-refractivity contribution in [2.45, 2.75) is 16.5 Å². The highest BCUT2D eigenvalue weighted by molar-refractivity contribution is 7.99. The first-order valence-electron chi connectivity index (χ1n) is 4.63. The molecule has 2 rings (SSSR count). The molecule has 2 aromatic rings. The second-order valence-corrected chi connectivity index (χ2v) is 4.56. The maximum absolute atomic E-state index is 8.99. The molecule has 0 fully saturated rings. The lowest BCUT2D eigenvalue weighted by Gasteiger charge is -2.03. The summed E-state index contributed by atoms with van der Waals surface area (Å²) in [7, 11) is 0. The topological polar surface area (TPSA) is 46.0 Å². The number of hydrogen-bond donors (Lipinski definition) is 1. The van der Waals surface area contributed by atoms with Gasteiger partial charge in [0.25, 0.3) is 0 Å². The van der Waals surface area contributed by atoms with Crippen molar-refractivity contribution < 1.29 is 5.11 Å². The second-order valence-electron chi connectivity index (χ2n) is 3.06. The molecule has 16 heavy (non-hydrogen) atoms. The van der Waals surface area contributed by atoms with Crippen molar-refractivity contribution in [3.63, 3.8) is 0 Å². The average molecular weight is 253 g/mol. The highest BCUT2D eigenvalue weighted by Gasteiger charge is 2.03. The minimum Gasteiger partial charge on any atom is -0.392 e. The van der Waals surface area contributed by atoms with Gasteiger partial charge in [0, 0.05) is 22.3 Å². The van der Waals surface area contributed by atoms with Crippen LogP contribution in [0.1, 0.15) is 5.56 Å². The standard InChI is InChI=1S/C11H9ClN2OS/c12-10-5-9(2-1-8(10)7-15)16-11-6-13-3-4-14-11/h1-6,15H,7H2. The van der Waals surface area contributed by atoms with Crippen molar-refractivity contribution in [2.24, 2.45) is 0 Å². The largest absolute Gasteiger partial charge is 0.392 e. The van der Waals surface area contributed by atoms with Crippen LogP contribution in [0.25, 0.3) is 0 Å². The van der Waals surface area contributed by atoms with Crippen LogP contribution >= 0.6 is 23.4 Å². The highest BCUT2D eigenvalue weighted by atomic mass is 35.5. The first-order valence-corrected chi connectivity index (χ1v) is 5.82. The van der Waals surface area contributed by atoms with E-state index in [0.717, 1.165) is 15.5 Å². The molecule has 0 unspecified atom stereocenters. The number of halogens is 1. The molecule has 1 aromatic carbocycles. The van der Waals surface area contributed by atoms with Gasteiger partial charge < -0.3 is 5.11 Å². The molecule has 5 heteroatoms. The maximum Gasteiger partial charge on any atom is 0.119 e. The molecule has 0 saturated heterocycles. The van der Waals surface area contributed by atoms with E-state index in [0.29, 0.717) is 5.02 Å². The van der Waals surface area contributed by atoms with Gasteiger partial charge in [0.2, 0.25) is 0 Å². The molecule has 1 heterocycles. The van der Waals surface area contributed by atoms with Gasteiger partial charge in [-0.2, -0.15) is 0 Å². The molecular weight excluding hydrogens is 244 g/mol. The van der Waals surface area contributed by atoms with E-state index in [-0.39, 0.29) is 6.61 Å². The zero-order valence-electron chi connectivity index (χ0n) is 8.30. The van der Waals surface area contributed by atoms with Crippen LogP contribution in [0.15, 0.2) is 46.7 Å². The molecule has 0 bridgehead atoms. The molecule has 3 nitrogen and oxygen atoms in total. The lowest BCUT2D eigenvalue weighted by molar-refractivity contribution is 0.282. The Bertz CT molecular complexity index is 479. The van der Waals surface area contributed by atoms with Crippen molar-refractivity contribution in [3.8, 4) is 0 Å². The maximum atomic E-state index is 8.99. The Morgan fingerprint density at radius 1 is 1.31 bits per heavy atom. The molecule has 0 saturated carbocycles. The van der Waals surface area contributed by atoms with Gasteiger partial charge in [-0.25, -0.2) is 4.98 Å². The number of rotatable bonds is 3. The van der Waals surface area contributed by atoms with E-state index in [1.165, 1.54) is 11.8 Å². The average Bonchev–Trinajstić information content (AvgIpc) is 2.31. The number of aromatic nitrogens is 2. The third-order valence-corrected chi connectivity index (χ3v) is 3.22. The van der Waals surface area contributed by atoms with Crippen molar-refractivity contribution >= 4 is 23.4 Å². The predicted octanol–water partition coefficient (Wildman–Crippen LogP) is 2.77. The molecular formula is C11H9ClN2OS. The lowest BCUT2D eigenvalue weighted by atomic mass is 10.2. The fraction of sp³-hybridized carbons (Fsp3) is 0.0909. The summed E-state index contributed by atoms with van der Waals surface area (Å²) in [6, 6.07) is 5.52. The smallest absolute Gasteiger partial charge is 0.119 e. The van der Waals surface area contributed by atoms with Crippen LogP contribution < -0.4 is 0 Å². The normalized spacial score (nSPS) is 10.4. The second kappa shape index (κ2) is 5.30. The molecule has 0 amide bonds. The van der Waals surface area contributed by atoms with Crippen LogP contribution in [-0.2, 0) is 6.61 Å². The Morgan fingerprint density at radius 3 is 2.81 bits per heavy atom. The SMILES string of the molecule is OCc1ccc(Sc2cnccn2)cc1Cl. The fourth-order valence-corrected chi connectivity index (χ4v) is 2.27. The number of hydrogen-bond acceptors (Lipinski definition) is 4. The van der Waals surface area contributed by atoms with Gasteiger partial charge in [-0.05, 0) is 17.7 Å². The van der Waals surface area contributed by atoms with Gasteiger partial charge in [0.15, 0.2) is 0 Å². The first-order chi connectivity index (χ1) is 7.79. The number of benzene rings is 1. The van der Waals surface area contributed by atoms with Gasteiger partial charge in [0.05, 0.1) is 12.8 Å². The monoisotopic (exact) mass is 252 g/mol. The summed E-state index contributed by atoms with van der Waals surface area (Å²) in [5.41, 5.74) is 0.727. The molecule has 0 aliphatic rings. The van der Waals surface area contributed by atoms with Crippen molar-refractivity contribution in [2.75, 3.05) is 0 Å². The minimum atomic E-state index is -0.0467. The van der Waals surface area contributed by atoms with Crippen LogP contribution in [0, 0.1) is 0 Å². The summed E-state index contributed by atoms with van der Waals surface area (Å²) in [4.78, 5) is 9.11. The Balaban J connectivity index is 2.20. The number of aliphatic hydroxyl groups excluding tert-OH is 1. The first kappa shape index (κ1) is 11.4. The number of nitrogens with zero attached hydrogens (tertiary/aromatic N) is 2. The van der Waals surface area contributed by atoms with Gasteiger partial charge in [-0.1, -0.05) is 29.4 Å². The molecule has 0 aliphatic carbocycles. The molecule has 0 radical (unpaired) electrons. The zero-order chi connectivity index (χ0) is 11.4. The Labute approximate surface area is 103 Å². The third-order valence-electron chi connectivity index (χ3n) is 1.96. The van der Waals surface area contributed by atoms with Crippen LogP contribution in [-0.4, -0.2) is 15.1 Å². The number of aliphatic hydroxyl groups is 1. The summed E-state index contributed by atoms with van der Waals surface area (Å²) in [6.07, 6.45) is 4.97. The van der Waals surface area contributed by atoms with Crippen molar-refractivity contribution in [3.05, 3.63) is 47.4 Å². The van der Waals surface area contributed by atoms with Gasteiger partial charge in [-0.15, -0.1) is 0 Å². The van der Waals surface area contributed by atoms with Crippen LogP contribution in [0.3, 0.4) is 0 Å². The van der Waals surface area contributed by atoms with Gasteiger partial charge in [0.1, 0.15) is 5.03 Å². The summed E-state index contributed by atoms with van der Waals surface area (Å²) in [5.74, 6) is 0. The summed E-state index contributed by atoms with van der Waals surface area (Å²) in [5, 5.41) is 10.4. The van der Waals surface area contributed by atoms with Gasteiger partial charge in [-0.3, -0.25) is 4.98 Å². The molecule has 0 spiro atoms. The minimum absolute atomic E-state index is 0.0467. The van der Waals surface area contributed by atoms with E-state index in [4.69, 9.17) is 16.7 Å². The van der Waals surface area contributed by atoms with E-state index in [9.17, 15) is 0 Å². The van der Waals surface area contributed by atoms with Crippen molar-refractivity contribution in [1.29, 1.82) is 0 Å². The molecule has 0 aliphatic heterocycles. The summed E-state index contributed by atoms with van der Waals surface area (Å²) < 4.78 is 0. The Morgan fingerprint density at radius 2 is 2.19 bits per heavy atom. The highest BCUT2D eigenvalue weighted by Crippen LogP contribution is 2.29. The molecule has 82 valence electrons. The molecule has 0 atom stereocenters. The van der Waals surface area contributed by atoms with Crippen molar-refractivity contribution in [1.82, 2.24) is 9.97 Å². The summed E-state index contributed by atoms with van der Waals surface area (Å²) in [6.45, 7) is -0.0467. The van der Waals surface area contributed by atoms with Crippen LogP contribution in [0.5, 0.6) is 0 Å². The van der Waals surface area contributed by atoms with Crippen LogP contribution in [0.4, 0.5) is 0 Å². The van der Waals surface area contributed by atoms with E-state index in [1.54, 1.807) is 24.7 Å². The Hall–Kier alpha value is -1.10. The molecule has 1 aromatic heterocycles. The van der Waals surface area contributed by atoms with Gasteiger partial charge >= 0.3 is 0 Å². The fourth-order valence-electron chi connectivity index (χ4n) is 1.18. The lowest BCUT2D eigenvalue weighted by Crippen LogP contribution is -1.85. The third kappa shape index (κ3) is 2.72. The van der Waals surface area contributed by atoms with E-state index >= 15 is 0 Å². The predicted molar refractivity (Wildman–Crippen MR) is 63.5 cm³/mol. The van der Waals surface area contributed by atoms with E-state index in [1.807, 2.05) is 12.1 Å². The van der Waals surface area contributed by atoms with E-state index < -0.39 is 0 Å². The summed E-state index contributed by atoms with van der Waals surface area (Å²) >= 11 is 7.47.